The lowest BCUT2D eigenvalue weighted by Crippen LogP contribution is -2.54. The number of rotatable bonds is 7. The predicted molar refractivity (Wildman–Crippen MR) is 84.1 cm³/mol. The van der Waals surface area contributed by atoms with Gasteiger partial charge in [-0.3, -0.25) is 19.2 Å². The molecule has 0 saturated carbocycles. The van der Waals surface area contributed by atoms with Gasteiger partial charge in [0.2, 0.25) is 0 Å². The molecule has 2 fully saturated rings. The van der Waals surface area contributed by atoms with E-state index in [0.717, 1.165) is 10.0 Å². The van der Waals surface area contributed by atoms with E-state index in [-0.39, 0.29) is 26.2 Å². The van der Waals surface area contributed by atoms with Crippen LogP contribution in [0, 0.1) is 5.41 Å². The first kappa shape index (κ1) is 19.7. The Kier molecular flexibility index (Phi) is 5.83. The smallest absolute Gasteiger partial charge is 0.328 e. The number of nitrogens with zero attached hydrogens (tertiary/aromatic N) is 2. The summed E-state index contributed by atoms with van der Waals surface area (Å²) in [6.45, 7) is 3.37. The molecule has 0 aliphatic carbocycles. The quantitative estimate of drug-likeness (QED) is 0.478. The van der Waals surface area contributed by atoms with E-state index in [1.54, 1.807) is 13.8 Å². The molecule has 2 saturated heterocycles. The van der Waals surface area contributed by atoms with Gasteiger partial charge in [0, 0.05) is 6.54 Å². The molecule has 0 aromatic heterocycles. The summed E-state index contributed by atoms with van der Waals surface area (Å²) in [4.78, 5) is 61.6. The number of carboxylic acids is 1. The maximum Gasteiger partial charge on any atom is 0.328 e. The highest BCUT2D eigenvalue weighted by molar-refractivity contribution is 6.14. The summed E-state index contributed by atoms with van der Waals surface area (Å²) in [6.07, 6.45) is -0.714. The monoisotopic (exact) mass is 370 g/mol. The Balaban J connectivity index is 2.43. The SMILES string of the molecule is CCOC(=O)CC1(CC(=O)OCC)C(=O)N2CCCC(C(=O)O)N2C1=O. The van der Waals surface area contributed by atoms with Crippen LogP contribution in [0.5, 0.6) is 0 Å². The highest BCUT2D eigenvalue weighted by Crippen LogP contribution is 2.42. The van der Waals surface area contributed by atoms with Gasteiger partial charge in [-0.15, -0.1) is 0 Å². The predicted octanol–water partition coefficient (Wildman–Crippen LogP) is -0.288. The van der Waals surface area contributed by atoms with Crippen molar-refractivity contribution >= 4 is 29.7 Å². The zero-order valence-corrected chi connectivity index (χ0v) is 14.7. The van der Waals surface area contributed by atoms with Crippen molar-refractivity contribution in [2.75, 3.05) is 19.8 Å². The fourth-order valence-electron chi connectivity index (χ4n) is 3.35. The van der Waals surface area contributed by atoms with Gasteiger partial charge < -0.3 is 14.6 Å². The van der Waals surface area contributed by atoms with E-state index in [0.29, 0.717) is 6.42 Å². The third-order valence-electron chi connectivity index (χ3n) is 4.45. The molecule has 2 aliphatic heterocycles. The molecule has 0 aromatic rings. The molecule has 0 spiro atoms. The van der Waals surface area contributed by atoms with Crippen LogP contribution < -0.4 is 0 Å². The van der Waals surface area contributed by atoms with Gasteiger partial charge in [0.25, 0.3) is 11.8 Å². The molecule has 144 valence electrons. The van der Waals surface area contributed by atoms with E-state index < -0.39 is 54.0 Å². The second-order valence-corrected chi connectivity index (χ2v) is 6.12. The van der Waals surface area contributed by atoms with Gasteiger partial charge in [-0.1, -0.05) is 0 Å². The summed E-state index contributed by atoms with van der Waals surface area (Å²) < 4.78 is 9.69. The standard InChI is InChI=1S/C16H22N2O8/c1-3-25-11(19)8-16(9-12(20)26-4-2)14(23)17-7-5-6-10(13(21)22)18(17)15(16)24/h10H,3-9H2,1-2H3,(H,21,22). The number of amides is 2. The fourth-order valence-corrected chi connectivity index (χ4v) is 3.35. The Morgan fingerprint density at radius 1 is 1.08 bits per heavy atom. The molecule has 2 aliphatic rings. The first-order chi connectivity index (χ1) is 12.3. The second-order valence-electron chi connectivity index (χ2n) is 6.12. The van der Waals surface area contributed by atoms with Gasteiger partial charge in [-0.2, -0.15) is 0 Å². The van der Waals surface area contributed by atoms with Gasteiger partial charge in [-0.25, -0.2) is 14.8 Å². The minimum Gasteiger partial charge on any atom is -0.480 e. The lowest BCUT2D eigenvalue weighted by Gasteiger charge is -2.36. The number of hydrogen-bond donors (Lipinski definition) is 1. The van der Waals surface area contributed by atoms with Crippen LogP contribution in [0.4, 0.5) is 0 Å². The van der Waals surface area contributed by atoms with Gasteiger partial charge in [0.05, 0.1) is 26.1 Å². The highest BCUT2D eigenvalue weighted by Gasteiger charge is 2.63. The Labute approximate surface area is 150 Å². The lowest BCUT2D eigenvalue weighted by molar-refractivity contribution is -0.169. The Morgan fingerprint density at radius 2 is 1.62 bits per heavy atom. The van der Waals surface area contributed by atoms with Crippen LogP contribution in [0.2, 0.25) is 0 Å². The molecule has 0 radical (unpaired) electrons. The van der Waals surface area contributed by atoms with Crippen LogP contribution in [-0.4, -0.2) is 70.6 Å². The van der Waals surface area contributed by atoms with E-state index >= 15 is 0 Å². The number of hydrogen-bond acceptors (Lipinski definition) is 7. The van der Waals surface area contributed by atoms with Crippen LogP contribution in [0.15, 0.2) is 0 Å². The molecular formula is C16H22N2O8. The fraction of sp³-hybridized carbons (Fsp3) is 0.688. The van der Waals surface area contributed by atoms with Gasteiger partial charge >= 0.3 is 17.9 Å². The van der Waals surface area contributed by atoms with Crippen molar-refractivity contribution in [3.05, 3.63) is 0 Å². The van der Waals surface area contributed by atoms with E-state index in [4.69, 9.17) is 9.47 Å². The number of carbonyl (C=O) groups excluding carboxylic acids is 4. The lowest BCUT2D eigenvalue weighted by atomic mass is 9.80. The topological polar surface area (TPSA) is 131 Å². The van der Waals surface area contributed by atoms with Crippen molar-refractivity contribution < 1.29 is 38.6 Å². The normalized spacial score (nSPS) is 21.4. The summed E-state index contributed by atoms with van der Waals surface area (Å²) in [6, 6.07) is -1.22. The molecule has 0 aromatic carbocycles. The van der Waals surface area contributed by atoms with Crippen molar-refractivity contribution in [3.63, 3.8) is 0 Å². The van der Waals surface area contributed by atoms with Gasteiger partial charge in [-0.05, 0) is 26.7 Å². The summed E-state index contributed by atoms with van der Waals surface area (Å²) in [5.41, 5.74) is -2.03. The summed E-state index contributed by atoms with van der Waals surface area (Å²) in [5.74, 6) is -4.53. The number of aliphatic carboxylic acids is 1. The number of esters is 2. The molecule has 2 rings (SSSR count). The van der Waals surface area contributed by atoms with Gasteiger partial charge in [0.15, 0.2) is 11.5 Å². The van der Waals surface area contributed by atoms with E-state index in [1.165, 1.54) is 0 Å². The molecule has 0 bridgehead atoms. The minimum absolute atomic E-state index is 0.0435. The Hall–Kier alpha value is -2.65. The van der Waals surface area contributed by atoms with Crippen LogP contribution in [0.3, 0.4) is 0 Å². The zero-order chi connectivity index (χ0) is 19.5. The third-order valence-corrected chi connectivity index (χ3v) is 4.45. The van der Waals surface area contributed by atoms with E-state index in [9.17, 15) is 29.1 Å². The zero-order valence-electron chi connectivity index (χ0n) is 14.7. The molecule has 10 nitrogen and oxygen atoms in total. The number of ether oxygens (including phenoxy) is 2. The van der Waals surface area contributed by atoms with Crippen LogP contribution in [0.1, 0.15) is 39.5 Å². The van der Waals surface area contributed by atoms with Crippen molar-refractivity contribution in [1.29, 1.82) is 0 Å². The number of carboxylic acid groups (broad SMARTS) is 1. The largest absolute Gasteiger partial charge is 0.480 e. The Morgan fingerprint density at radius 3 is 2.08 bits per heavy atom. The van der Waals surface area contributed by atoms with Crippen LogP contribution in [-0.2, 0) is 33.4 Å². The number of carbonyl (C=O) groups is 5. The molecule has 2 heterocycles. The highest BCUT2D eigenvalue weighted by atomic mass is 16.5. The molecule has 26 heavy (non-hydrogen) atoms. The van der Waals surface area contributed by atoms with E-state index in [1.807, 2.05) is 0 Å². The third kappa shape index (κ3) is 3.35. The molecular weight excluding hydrogens is 348 g/mol. The summed E-state index contributed by atoms with van der Waals surface area (Å²) in [5, 5.41) is 11.3. The van der Waals surface area contributed by atoms with E-state index in [2.05, 4.69) is 0 Å². The minimum atomic E-state index is -2.03. The first-order valence-corrected chi connectivity index (χ1v) is 8.48. The average molecular weight is 370 g/mol. The second kappa shape index (κ2) is 7.71. The molecule has 10 heteroatoms. The maximum absolute atomic E-state index is 13.1. The van der Waals surface area contributed by atoms with Crippen molar-refractivity contribution in [3.8, 4) is 0 Å². The summed E-state index contributed by atoms with van der Waals surface area (Å²) >= 11 is 0. The number of hydrazine groups is 1. The number of fused-ring (bicyclic) bond motifs is 1. The molecule has 1 atom stereocenters. The van der Waals surface area contributed by atoms with Crippen molar-refractivity contribution in [1.82, 2.24) is 10.0 Å². The van der Waals surface area contributed by atoms with Crippen LogP contribution >= 0.6 is 0 Å². The Bertz CT molecular complexity index is 612. The maximum atomic E-state index is 13.1. The average Bonchev–Trinajstić information content (AvgIpc) is 2.77. The molecule has 2 amide bonds. The van der Waals surface area contributed by atoms with Crippen molar-refractivity contribution in [2.45, 2.75) is 45.6 Å². The summed E-state index contributed by atoms with van der Waals surface area (Å²) in [7, 11) is 0. The van der Waals surface area contributed by atoms with Gasteiger partial charge in [0.1, 0.15) is 0 Å². The molecule has 1 N–H and O–H groups in total. The first-order valence-electron chi connectivity index (χ1n) is 8.48. The molecule has 1 unspecified atom stereocenters. The van der Waals surface area contributed by atoms with Crippen LogP contribution in [0.25, 0.3) is 0 Å². The van der Waals surface area contributed by atoms with Crippen molar-refractivity contribution in [2.24, 2.45) is 5.41 Å².